The first-order valence-electron chi connectivity index (χ1n) is 6.76. The first kappa shape index (κ1) is 15.8. The first-order chi connectivity index (χ1) is 9.08. The highest BCUT2D eigenvalue weighted by Crippen LogP contribution is 2.20. The third kappa shape index (κ3) is 5.07. The largest absolute Gasteiger partial charge is 0.330 e. The lowest BCUT2D eigenvalue weighted by atomic mass is 9.92. The van der Waals surface area contributed by atoms with Crippen molar-refractivity contribution in [2.45, 2.75) is 39.0 Å². The fraction of sp³-hybridized carbons (Fsp3) is 0.533. The lowest BCUT2D eigenvalue weighted by molar-refractivity contribution is 0.0968. The van der Waals surface area contributed by atoms with Crippen LogP contribution in [0.1, 0.15) is 49.4 Å². The van der Waals surface area contributed by atoms with Crippen LogP contribution in [0.25, 0.3) is 0 Å². The monoisotopic (exact) mass is 269 g/mol. The molecule has 0 aromatic heterocycles. The van der Waals surface area contributed by atoms with E-state index in [0.717, 1.165) is 31.4 Å². The number of carbonyl (C=O) groups excluding carboxylic acids is 1. The summed E-state index contributed by atoms with van der Waals surface area (Å²) in [5, 5.41) is 0. The minimum atomic E-state index is -0.782. The van der Waals surface area contributed by atoms with Crippen LogP contribution in [0, 0.1) is 17.6 Å². The number of carbonyl (C=O) groups is 1. The molecule has 1 aromatic rings. The summed E-state index contributed by atoms with van der Waals surface area (Å²) in [5.41, 5.74) is 5.51. The Morgan fingerprint density at radius 2 is 2.00 bits per heavy atom. The molecule has 2 nitrogen and oxygen atoms in total. The molecule has 1 unspecified atom stereocenters. The van der Waals surface area contributed by atoms with E-state index in [1.54, 1.807) is 0 Å². The van der Waals surface area contributed by atoms with Gasteiger partial charge in [0.2, 0.25) is 0 Å². The van der Waals surface area contributed by atoms with E-state index in [1.807, 2.05) is 0 Å². The Morgan fingerprint density at radius 3 is 2.58 bits per heavy atom. The Bertz CT molecular complexity index is 415. The van der Waals surface area contributed by atoms with Crippen LogP contribution in [0.2, 0.25) is 0 Å². The number of benzene rings is 1. The molecule has 1 aromatic carbocycles. The molecule has 0 saturated heterocycles. The molecule has 0 fully saturated rings. The molecule has 1 rings (SSSR count). The minimum absolute atomic E-state index is 0.0237. The Hall–Kier alpha value is -1.29. The summed E-state index contributed by atoms with van der Waals surface area (Å²) in [7, 11) is 0. The Morgan fingerprint density at radius 1 is 1.26 bits per heavy atom. The van der Waals surface area contributed by atoms with Gasteiger partial charge in [-0.05, 0) is 37.4 Å². The van der Waals surface area contributed by atoms with Crippen molar-refractivity contribution in [1.82, 2.24) is 0 Å². The number of halogens is 2. The standard InChI is InChI=1S/C15H21F2NO/c1-2-3-11(8-9-18)4-7-15(19)13-6-5-12(16)10-14(13)17/h5-6,10-11H,2-4,7-9,18H2,1H3. The first-order valence-corrected chi connectivity index (χ1v) is 6.76. The van der Waals surface area contributed by atoms with Gasteiger partial charge in [0.05, 0.1) is 5.56 Å². The Labute approximate surface area is 113 Å². The zero-order valence-corrected chi connectivity index (χ0v) is 11.3. The summed E-state index contributed by atoms with van der Waals surface area (Å²) in [6.07, 6.45) is 3.95. The molecule has 0 amide bonds. The number of rotatable bonds is 8. The van der Waals surface area contributed by atoms with Crippen molar-refractivity contribution in [3.05, 3.63) is 35.4 Å². The number of nitrogens with two attached hydrogens (primary N) is 1. The lowest BCUT2D eigenvalue weighted by Crippen LogP contribution is -2.11. The molecule has 1 atom stereocenters. The van der Waals surface area contributed by atoms with Crippen LogP contribution in [0.5, 0.6) is 0 Å². The summed E-state index contributed by atoms with van der Waals surface area (Å²) in [6, 6.07) is 3.07. The van der Waals surface area contributed by atoms with Crippen LogP contribution in [0.3, 0.4) is 0 Å². The fourth-order valence-electron chi connectivity index (χ4n) is 2.26. The number of Topliss-reactive ketones (excluding diaryl/α,β-unsaturated/α-hetero) is 1. The highest BCUT2D eigenvalue weighted by molar-refractivity contribution is 5.96. The van der Waals surface area contributed by atoms with Gasteiger partial charge in [-0.15, -0.1) is 0 Å². The van der Waals surface area contributed by atoms with Crippen molar-refractivity contribution in [3.63, 3.8) is 0 Å². The van der Waals surface area contributed by atoms with Crippen molar-refractivity contribution in [2.24, 2.45) is 11.7 Å². The molecule has 0 spiro atoms. The van der Waals surface area contributed by atoms with E-state index in [4.69, 9.17) is 5.73 Å². The van der Waals surface area contributed by atoms with Crippen molar-refractivity contribution < 1.29 is 13.6 Å². The maximum Gasteiger partial charge on any atom is 0.165 e. The fourth-order valence-corrected chi connectivity index (χ4v) is 2.26. The molecule has 0 radical (unpaired) electrons. The van der Waals surface area contributed by atoms with E-state index in [0.29, 0.717) is 18.9 Å². The molecule has 106 valence electrons. The van der Waals surface area contributed by atoms with Crippen molar-refractivity contribution in [2.75, 3.05) is 6.54 Å². The van der Waals surface area contributed by atoms with E-state index in [9.17, 15) is 13.6 Å². The average molecular weight is 269 g/mol. The van der Waals surface area contributed by atoms with Gasteiger partial charge < -0.3 is 5.73 Å². The molecule has 0 bridgehead atoms. The molecule has 0 aliphatic rings. The highest BCUT2D eigenvalue weighted by atomic mass is 19.1. The van der Waals surface area contributed by atoms with Gasteiger partial charge in [0, 0.05) is 12.5 Å². The zero-order chi connectivity index (χ0) is 14.3. The molecular weight excluding hydrogens is 248 g/mol. The Kier molecular flexibility index (Phi) is 6.64. The molecule has 0 heterocycles. The molecule has 0 saturated carbocycles. The van der Waals surface area contributed by atoms with E-state index >= 15 is 0 Å². The summed E-state index contributed by atoms with van der Waals surface area (Å²) in [6.45, 7) is 2.69. The topological polar surface area (TPSA) is 43.1 Å². The van der Waals surface area contributed by atoms with E-state index in [2.05, 4.69) is 6.92 Å². The molecule has 2 N–H and O–H groups in total. The van der Waals surface area contributed by atoms with Gasteiger partial charge in [0.1, 0.15) is 11.6 Å². The normalized spacial score (nSPS) is 12.4. The van der Waals surface area contributed by atoms with Crippen LogP contribution in [0.4, 0.5) is 8.78 Å². The number of hydrogen-bond acceptors (Lipinski definition) is 2. The quantitative estimate of drug-likeness (QED) is 0.731. The second kappa shape index (κ2) is 8.00. The number of hydrogen-bond donors (Lipinski definition) is 1. The average Bonchev–Trinajstić information content (AvgIpc) is 2.36. The predicted octanol–water partition coefficient (Wildman–Crippen LogP) is 3.69. The third-order valence-electron chi connectivity index (χ3n) is 3.28. The predicted molar refractivity (Wildman–Crippen MR) is 72.0 cm³/mol. The zero-order valence-electron chi connectivity index (χ0n) is 11.3. The van der Waals surface area contributed by atoms with E-state index < -0.39 is 11.6 Å². The maximum atomic E-state index is 13.4. The van der Waals surface area contributed by atoms with Gasteiger partial charge in [-0.25, -0.2) is 8.78 Å². The molecular formula is C15H21F2NO. The van der Waals surface area contributed by atoms with Crippen LogP contribution in [-0.2, 0) is 0 Å². The highest BCUT2D eigenvalue weighted by Gasteiger charge is 2.15. The lowest BCUT2D eigenvalue weighted by Gasteiger charge is -2.14. The van der Waals surface area contributed by atoms with Gasteiger partial charge in [-0.2, -0.15) is 0 Å². The molecule has 0 aliphatic carbocycles. The van der Waals surface area contributed by atoms with Crippen LogP contribution in [-0.4, -0.2) is 12.3 Å². The minimum Gasteiger partial charge on any atom is -0.330 e. The van der Waals surface area contributed by atoms with Gasteiger partial charge in [-0.1, -0.05) is 19.8 Å². The van der Waals surface area contributed by atoms with Crippen LogP contribution >= 0.6 is 0 Å². The molecule has 0 aliphatic heterocycles. The van der Waals surface area contributed by atoms with Gasteiger partial charge >= 0.3 is 0 Å². The van der Waals surface area contributed by atoms with Gasteiger partial charge in [0.15, 0.2) is 5.78 Å². The second-order valence-electron chi connectivity index (χ2n) is 4.82. The van der Waals surface area contributed by atoms with E-state index in [1.165, 1.54) is 6.07 Å². The van der Waals surface area contributed by atoms with Gasteiger partial charge in [0.25, 0.3) is 0 Å². The van der Waals surface area contributed by atoms with Crippen LogP contribution in [0.15, 0.2) is 18.2 Å². The van der Waals surface area contributed by atoms with Crippen molar-refractivity contribution in [3.8, 4) is 0 Å². The SMILES string of the molecule is CCCC(CCN)CCC(=O)c1ccc(F)cc1F. The second-order valence-corrected chi connectivity index (χ2v) is 4.82. The smallest absolute Gasteiger partial charge is 0.165 e. The summed E-state index contributed by atoms with van der Waals surface area (Å²) in [5.74, 6) is -1.31. The van der Waals surface area contributed by atoms with Gasteiger partial charge in [-0.3, -0.25) is 4.79 Å². The van der Waals surface area contributed by atoms with Crippen molar-refractivity contribution >= 4 is 5.78 Å². The summed E-state index contributed by atoms with van der Waals surface area (Å²) < 4.78 is 26.2. The molecule has 19 heavy (non-hydrogen) atoms. The maximum absolute atomic E-state index is 13.4. The molecule has 4 heteroatoms. The van der Waals surface area contributed by atoms with E-state index in [-0.39, 0.29) is 17.8 Å². The van der Waals surface area contributed by atoms with Crippen LogP contribution < -0.4 is 5.73 Å². The summed E-state index contributed by atoms with van der Waals surface area (Å²) >= 11 is 0. The third-order valence-corrected chi connectivity index (χ3v) is 3.28. The van der Waals surface area contributed by atoms with Crippen molar-refractivity contribution in [1.29, 1.82) is 0 Å². The Balaban J connectivity index is 2.58. The summed E-state index contributed by atoms with van der Waals surface area (Å²) in [4.78, 5) is 11.9. The number of ketones is 1.